The number of halogens is 2. The number of nitrogens with one attached hydrogen (secondary N) is 2. The second-order valence-corrected chi connectivity index (χ2v) is 3.25. The predicted octanol–water partition coefficient (Wildman–Crippen LogP) is 0.502. The lowest BCUT2D eigenvalue weighted by Crippen LogP contribution is -2.40. The highest BCUT2D eigenvalue weighted by Crippen LogP contribution is 2.11. The van der Waals surface area contributed by atoms with Crippen molar-refractivity contribution in [3.05, 3.63) is 18.2 Å². The molecule has 0 aliphatic carbocycles. The molecule has 1 aromatic heterocycles. The molecule has 5 nitrogen and oxygen atoms in total. The zero-order chi connectivity index (χ0) is 12.1. The Kier molecular flexibility index (Phi) is 4.36. The molecule has 1 heterocycles. The molecular formula is C9H14F2N4O. The summed E-state index contributed by atoms with van der Waals surface area (Å²) in [7, 11) is 1.51. The molecule has 2 N–H and O–H groups in total. The highest BCUT2D eigenvalue weighted by Gasteiger charge is 2.14. The largest absolute Gasteiger partial charge is 0.358 e. The van der Waals surface area contributed by atoms with Crippen LogP contribution in [-0.4, -0.2) is 28.5 Å². The lowest BCUT2D eigenvalue weighted by Gasteiger charge is -2.12. The molecular weight excluding hydrogens is 218 g/mol. The van der Waals surface area contributed by atoms with Crippen LogP contribution in [0.5, 0.6) is 0 Å². The summed E-state index contributed by atoms with van der Waals surface area (Å²) in [5, 5.41) is 5.26. The number of imidazole rings is 1. The number of alkyl halides is 2. The van der Waals surface area contributed by atoms with Gasteiger partial charge in [-0.2, -0.15) is 8.78 Å². The number of amides is 1. The Morgan fingerprint density at radius 1 is 1.62 bits per heavy atom. The van der Waals surface area contributed by atoms with Crippen molar-refractivity contribution in [2.75, 3.05) is 7.05 Å². The van der Waals surface area contributed by atoms with Crippen molar-refractivity contribution < 1.29 is 13.6 Å². The van der Waals surface area contributed by atoms with Gasteiger partial charge in [0.2, 0.25) is 5.91 Å². The number of rotatable bonds is 5. The Bertz CT molecular complexity index is 353. The summed E-state index contributed by atoms with van der Waals surface area (Å²) in [4.78, 5) is 14.9. The topological polar surface area (TPSA) is 59.0 Å². The highest BCUT2D eigenvalue weighted by atomic mass is 19.3. The minimum atomic E-state index is -2.62. The molecule has 1 aromatic rings. The first-order chi connectivity index (χ1) is 7.56. The molecule has 1 rings (SSSR count). The Morgan fingerprint density at radius 2 is 2.31 bits per heavy atom. The van der Waals surface area contributed by atoms with Gasteiger partial charge in [0.05, 0.1) is 12.6 Å². The van der Waals surface area contributed by atoms with Gasteiger partial charge < -0.3 is 5.32 Å². The second kappa shape index (κ2) is 5.55. The fourth-order valence-corrected chi connectivity index (χ4v) is 1.21. The third-order valence-corrected chi connectivity index (χ3v) is 2.17. The molecule has 1 atom stereocenters. The Labute approximate surface area is 91.9 Å². The van der Waals surface area contributed by atoms with Gasteiger partial charge in [0.25, 0.3) is 0 Å². The standard InChI is InChI=1S/C9H14F2N4O/c1-6(8(16)12-2)14-5-7-13-3-4-15(7)9(10)11/h3-4,6,9,14H,5H2,1-2H3,(H,12,16). The molecule has 0 radical (unpaired) electrons. The zero-order valence-corrected chi connectivity index (χ0v) is 9.08. The third kappa shape index (κ3) is 2.99. The zero-order valence-electron chi connectivity index (χ0n) is 9.08. The summed E-state index contributed by atoms with van der Waals surface area (Å²) in [6.45, 7) is -0.852. The van der Waals surface area contributed by atoms with E-state index in [1.807, 2.05) is 0 Å². The van der Waals surface area contributed by atoms with E-state index in [1.54, 1.807) is 6.92 Å². The molecule has 0 aromatic carbocycles. The molecule has 0 saturated heterocycles. The van der Waals surface area contributed by atoms with Crippen LogP contribution in [-0.2, 0) is 11.3 Å². The van der Waals surface area contributed by atoms with Gasteiger partial charge >= 0.3 is 6.55 Å². The molecule has 7 heteroatoms. The first-order valence-electron chi connectivity index (χ1n) is 4.81. The van der Waals surface area contributed by atoms with E-state index < -0.39 is 12.6 Å². The average molecular weight is 232 g/mol. The van der Waals surface area contributed by atoms with Crippen molar-refractivity contribution in [2.24, 2.45) is 0 Å². The van der Waals surface area contributed by atoms with Crippen LogP contribution in [0.25, 0.3) is 0 Å². The molecule has 90 valence electrons. The van der Waals surface area contributed by atoms with Crippen molar-refractivity contribution in [1.29, 1.82) is 0 Å². The minimum absolute atomic E-state index is 0.117. The lowest BCUT2D eigenvalue weighted by molar-refractivity contribution is -0.122. The van der Waals surface area contributed by atoms with E-state index in [9.17, 15) is 13.6 Å². The van der Waals surface area contributed by atoms with E-state index in [-0.39, 0.29) is 18.3 Å². The number of hydrogen-bond acceptors (Lipinski definition) is 3. The maximum atomic E-state index is 12.4. The summed E-state index contributed by atoms with van der Waals surface area (Å²) in [5.41, 5.74) is 0. The van der Waals surface area contributed by atoms with Crippen molar-refractivity contribution in [3.63, 3.8) is 0 Å². The number of carbonyl (C=O) groups excluding carboxylic acids is 1. The first kappa shape index (κ1) is 12.6. The van der Waals surface area contributed by atoms with E-state index >= 15 is 0 Å². The molecule has 0 fully saturated rings. The van der Waals surface area contributed by atoms with Gasteiger partial charge in [0.1, 0.15) is 5.82 Å². The summed E-state index contributed by atoms with van der Waals surface area (Å²) < 4.78 is 25.6. The van der Waals surface area contributed by atoms with E-state index in [4.69, 9.17) is 0 Å². The Morgan fingerprint density at radius 3 is 2.88 bits per heavy atom. The second-order valence-electron chi connectivity index (χ2n) is 3.25. The number of nitrogens with zero attached hydrogens (tertiary/aromatic N) is 2. The molecule has 1 amide bonds. The van der Waals surface area contributed by atoms with Gasteiger partial charge in [-0.15, -0.1) is 0 Å². The smallest absolute Gasteiger partial charge is 0.319 e. The number of carbonyl (C=O) groups is 1. The van der Waals surface area contributed by atoms with E-state index in [0.717, 1.165) is 4.57 Å². The molecule has 0 aliphatic rings. The number of aromatic nitrogens is 2. The predicted molar refractivity (Wildman–Crippen MR) is 53.8 cm³/mol. The van der Waals surface area contributed by atoms with Crippen LogP contribution < -0.4 is 10.6 Å². The van der Waals surface area contributed by atoms with Crippen molar-refractivity contribution in [3.8, 4) is 0 Å². The van der Waals surface area contributed by atoms with Gasteiger partial charge in [-0.3, -0.25) is 14.7 Å². The SMILES string of the molecule is CNC(=O)C(C)NCc1nccn1C(F)F. The van der Waals surface area contributed by atoms with E-state index in [2.05, 4.69) is 15.6 Å². The molecule has 0 bridgehead atoms. The Hall–Kier alpha value is -1.50. The highest BCUT2D eigenvalue weighted by molar-refractivity contribution is 5.80. The van der Waals surface area contributed by atoms with Gasteiger partial charge in [-0.25, -0.2) is 4.98 Å². The quantitative estimate of drug-likeness (QED) is 0.777. The summed E-state index contributed by atoms with van der Waals surface area (Å²) in [6.07, 6.45) is 2.50. The van der Waals surface area contributed by atoms with Crippen LogP contribution in [0, 0.1) is 0 Å². The third-order valence-electron chi connectivity index (χ3n) is 2.17. The number of likely N-dealkylation sites (N-methyl/N-ethyl adjacent to an activating group) is 1. The van der Waals surface area contributed by atoms with Gasteiger partial charge in [-0.1, -0.05) is 0 Å². The summed E-state index contributed by atoms with van der Waals surface area (Å²) in [5.74, 6) is 0.000839. The van der Waals surface area contributed by atoms with Crippen molar-refractivity contribution in [1.82, 2.24) is 20.2 Å². The van der Waals surface area contributed by atoms with Crippen molar-refractivity contribution in [2.45, 2.75) is 26.1 Å². The molecule has 1 unspecified atom stereocenters. The van der Waals surface area contributed by atoms with Crippen LogP contribution in [0.4, 0.5) is 8.78 Å². The van der Waals surface area contributed by atoms with E-state index in [1.165, 1.54) is 19.4 Å². The minimum Gasteiger partial charge on any atom is -0.358 e. The maximum Gasteiger partial charge on any atom is 0.319 e. The Balaban J connectivity index is 2.54. The van der Waals surface area contributed by atoms with Crippen LogP contribution >= 0.6 is 0 Å². The van der Waals surface area contributed by atoms with Gasteiger partial charge in [0.15, 0.2) is 0 Å². The molecule has 16 heavy (non-hydrogen) atoms. The average Bonchev–Trinajstić information content (AvgIpc) is 2.72. The van der Waals surface area contributed by atoms with Crippen LogP contribution in [0.1, 0.15) is 19.3 Å². The fourth-order valence-electron chi connectivity index (χ4n) is 1.21. The monoisotopic (exact) mass is 232 g/mol. The molecule has 0 spiro atoms. The summed E-state index contributed by atoms with van der Waals surface area (Å²) >= 11 is 0. The molecule has 0 aliphatic heterocycles. The van der Waals surface area contributed by atoms with E-state index in [0.29, 0.717) is 0 Å². The van der Waals surface area contributed by atoms with Gasteiger partial charge in [0, 0.05) is 19.4 Å². The van der Waals surface area contributed by atoms with Gasteiger partial charge in [-0.05, 0) is 6.92 Å². The first-order valence-corrected chi connectivity index (χ1v) is 4.81. The summed E-state index contributed by atoms with van der Waals surface area (Å²) in [6, 6.07) is -0.451. The number of hydrogen-bond donors (Lipinski definition) is 2. The fraction of sp³-hybridized carbons (Fsp3) is 0.556. The maximum absolute atomic E-state index is 12.4. The molecule has 0 saturated carbocycles. The lowest BCUT2D eigenvalue weighted by atomic mass is 10.3. The van der Waals surface area contributed by atoms with Crippen LogP contribution in [0.15, 0.2) is 12.4 Å². The van der Waals surface area contributed by atoms with Crippen LogP contribution in [0.2, 0.25) is 0 Å². The van der Waals surface area contributed by atoms with Crippen molar-refractivity contribution >= 4 is 5.91 Å². The normalized spacial score (nSPS) is 12.8. The van der Waals surface area contributed by atoms with Crippen LogP contribution in [0.3, 0.4) is 0 Å².